The number of carbonyl (C=O) groups is 1. The molecule has 44 heavy (non-hydrogen) atoms. The number of nitrogens with zero attached hydrogens (tertiary/aromatic N) is 6. The molecule has 10 heteroatoms. The number of fused-ring (bicyclic) bond motifs is 2. The minimum Gasteiger partial charge on any atom is -0.400 e. The van der Waals surface area contributed by atoms with E-state index in [4.69, 9.17) is 19.6 Å². The molecule has 4 heterocycles. The fourth-order valence-electron chi connectivity index (χ4n) is 6.64. The Morgan fingerprint density at radius 3 is 2.43 bits per heavy atom. The van der Waals surface area contributed by atoms with Crippen LogP contribution in [0.15, 0.2) is 4.52 Å². The quantitative estimate of drug-likeness (QED) is 0.295. The molecule has 2 fully saturated rings. The van der Waals surface area contributed by atoms with Crippen molar-refractivity contribution in [2.75, 3.05) is 39.2 Å². The molecule has 2 unspecified atom stereocenters. The number of carbonyl (C=O) groups excluding carboxylic acids is 1. The number of hydrogen-bond acceptors (Lipinski definition) is 9. The molecule has 1 saturated carbocycles. The maximum atomic E-state index is 12.8. The molecule has 0 aromatic carbocycles. The number of unbranched alkanes of at least 4 members (excludes halogenated alkanes) is 1. The summed E-state index contributed by atoms with van der Waals surface area (Å²) >= 11 is 0. The van der Waals surface area contributed by atoms with Crippen molar-refractivity contribution in [3.05, 3.63) is 17.0 Å². The van der Waals surface area contributed by atoms with Gasteiger partial charge in [0.25, 0.3) is 0 Å². The Morgan fingerprint density at radius 2 is 1.80 bits per heavy atom. The maximum absolute atomic E-state index is 12.8. The smallest absolute Gasteiger partial charge is 0.187 e. The summed E-state index contributed by atoms with van der Waals surface area (Å²) in [5.74, 6) is 2.89. The number of aromatic amines is 1. The standard InChI is InChI=1S/C24H32N6O2.C7H15N.C2H6.CH4O/c1-4-5-11-18(31)16-9-6-10-17-20(29-32-21(16)17)23-25-22-19(15(3)27-28-22)24(26-23)30-12-7-8-14(2)13-30;1-8(2)7-5-3-4-6-7;2*1-2/h14,16H,4-13H2,1-3H3,(H,25,26,27,28);7H,3-6H2,1-2H3;1-2H3;2H,1H3. The van der Waals surface area contributed by atoms with E-state index in [1.54, 1.807) is 0 Å². The van der Waals surface area contributed by atoms with Gasteiger partial charge in [-0.25, -0.2) is 9.97 Å². The molecule has 2 aliphatic carbocycles. The molecule has 0 spiro atoms. The van der Waals surface area contributed by atoms with Crippen LogP contribution in [0.25, 0.3) is 22.6 Å². The van der Waals surface area contributed by atoms with Gasteiger partial charge in [-0.3, -0.25) is 9.89 Å². The van der Waals surface area contributed by atoms with Crippen LogP contribution in [0.2, 0.25) is 0 Å². The van der Waals surface area contributed by atoms with E-state index in [1.165, 1.54) is 32.1 Å². The monoisotopic (exact) mass is 611 g/mol. The molecule has 0 radical (unpaired) electrons. The molecule has 6 rings (SSSR count). The lowest BCUT2D eigenvalue weighted by Crippen LogP contribution is -2.35. The summed E-state index contributed by atoms with van der Waals surface area (Å²) < 4.78 is 5.78. The SMILES string of the molecule is CC.CCCCC(=O)C1CCCc2c(-c3nc(N4CCCC(C)C4)c4c(C)[nH]nc4n3)noc21.CN(C)C1CCCC1.CO. The van der Waals surface area contributed by atoms with E-state index < -0.39 is 0 Å². The number of rotatable bonds is 7. The number of hydrogen-bond donors (Lipinski definition) is 2. The van der Waals surface area contributed by atoms with Crippen LogP contribution >= 0.6 is 0 Å². The first kappa shape index (κ1) is 35.6. The highest BCUT2D eigenvalue weighted by Gasteiger charge is 2.34. The van der Waals surface area contributed by atoms with Gasteiger partial charge in [0.1, 0.15) is 11.6 Å². The van der Waals surface area contributed by atoms with Gasteiger partial charge in [0.2, 0.25) is 0 Å². The molecule has 3 aliphatic rings. The van der Waals surface area contributed by atoms with Crippen LogP contribution in [0.1, 0.15) is 121 Å². The van der Waals surface area contributed by atoms with Crippen molar-refractivity contribution in [2.45, 2.75) is 124 Å². The normalized spacial score (nSPS) is 19.8. The molecule has 3 aromatic heterocycles. The third-order valence-electron chi connectivity index (χ3n) is 9.02. The summed E-state index contributed by atoms with van der Waals surface area (Å²) in [6, 6.07) is 0.898. The molecule has 1 aliphatic heterocycles. The summed E-state index contributed by atoms with van der Waals surface area (Å²) in [4.78, 5) is 27.3. The number of nitrogens with one attached hydrogen (secondary N) is 1. The lowest BCUT2D eigenvalue weighted by Gasteiger charge is -2.32. The highest BCUT2D eigenvalue weighted by Crippen LogP contribution is 2.39. The molecule has 2 N–H and O–H groups in total. The minimum atomic E-state index is -0.190. The summed E-state index contributed by atoms with van der Waals surface area (Å²) in [5, 5.41) is 19.9. The van der Waals surface area contributed by atoms with Crippen LogP contribution in [-0.4, -0.2) is 81.4 Å². The third-order valence-corrected chi connectivity index (χ3v) is 9.02. The average molecular weight is 612 g/mol. The van der Waals surface area contributed by atoms with Crippen LogP contribution in [0.4, 0.5) is 5.82 Å². The van der Waals surface area contributed by atoms with Crippen molar-refractivity contribution in [3.8, 4) is 11.5 Å². The maximum Gasteiger partial charge on any atom is 0.187 e. The molecule has 3 aromatic rings. The van der Waals surface area contributed by atoms with Crippen molar-refractivity contribution in [2.24, 2.45) is 5.92 Å². The van der Waals surface area contributed by atoms with E-state index in [-0.39, 0.29) is 11.7 Å². The Kier molecular flexibility index (Phi) is 14.2. The van der Waals surface area contributed by atoms with Crippen molar-refractivity contribution < 1.29 is 14.4 Å². The number of H-pyrrole nitrogens is 1. The summed E-state index contributed by atoms with van der Waals surface area (Å²) in [5.41, 5.74) is 3.30. The number of anilines is 1. The predicted molar refractivity (Wildman–Crippen MR) is 178 cm³/mol. The van der Waals surface area contributed by atoms with Gasteiger partial charge in [-0.2, -0.15) is 5.10 Å². The van der Waals surface area contributed by atoms with Gasteiger partial charge in [-0.1, -0.05) is 52.1 Å². The van der Waals surface area contributed by atoms with Gasteiger partial charge in [0, 0.05) is 43.9 Å². The fraction of sp³-hybridized carbons (Fsp3) is 0.735. The Bertz CT molecular complexity index is 1300. The van der Waals surface area contributed by atoms with E-state index in [2.05, 4.69) is 53.1 Å². The Balaban J connectivity index is 0.000000376. The third kappa shape index (κ3) is 8.44. The average Bonchev–Trinajstić information content (AvgIpc) is 3.82. The van der Waals surface area contributed by atoms with E-state index in [0.717, 1.165) is 93.0 Å². The van der Waals surface area contributed by atoms with Gasteiger partial charge < -0.3 is 19.4 Å². The number of Topliss-reactive ketones (excluding diaryl/α,β-unsaturated/α-hetero) is 1. The molecular formula is C34H57N7O3. The van der Waals surface area contributed by atoms with Crippen LogP contribution in [0, 0.1) is 12.8 Å². The predicted octanol–water partition coefficient (Wildman–Crippen LogP) is 6.86. The van der Waals surface area contributed by atoms with Crippen molar-refractivity contribution in [1.29, 1.82) is 0 Å². The summed E-state index contributed by atoms with van der Waals surface area (Å²) in [7, 11) is 5.35. The lowest BCUT2D eigenvalue weighted by molar-refractivity contribution is -0.121. The second kappa shape index (κ2) is 17.6. The highest BCUT2D eigenvalue weighted by molar-refractivity contribution is 5.91. The molecular weight excluding hydrogens is 554 g/mol. The number of aryl methyl sites for hydroxylation is 1. The number of aliphatic hydroxyl groups is 1. The van der Waals surface area contributed by atoms with Crippen LogP contribution in [-0.2, 0) is 11.2 Å². The van der Waals surface area contributed by atoms with Gasteiger partial charge in [0.15, 0.2) is 22.9 Å². The first-order chi connectivity index (χ1) is 21.4. The van der Waals surface area contributed by atoms with Crippen LogP contribution < -0.4 is 4.90 Å². The van der Waals surface area contributed by atoms with Crippen LogP contribution in [0.3, 0.4) is 0 Å². The summed E-state index contributed by atoms with van der Waals surface area (Å²) in [6.07, 6.45) is 13.3. The molecule has 246 valence electrons. The summed E-state index contributed by atoms with van der Waals surface area (Å²) in [6.45, 7) is 12.4. The number of aliphatic hydroxyl groups excluding tert-OH is 1. The van der Waals surface area contributed by atoms with Gasteiger partial charge in [-0.05, 0) is 78.3 Å². The van der Waals surface area contributed by atoms with Crippen LogP contribution in [0.5, 0.6) is 0 Å². The fourth-order valence-corrected chi connectivity index (χ4v) is 6.64. The van der Waals surface area contributed by atoms with E-state index >= 15 is 0 Å². The Labute approximate surface area is 264 Å². The lowest BCUT2D eigenvalue weighted by atomic mass is 9.83. The molecule has 10 nitrogen and oxygen atoms in total. The second-order valence-corrected chi connectivity index (χ2v) is 12.4. The zero-order valence-corrected chi connectivity index (χ0v) is 28.6. The topological polar surface area (TPSA) is 124 Å². The first-order valence-electron chi connectivity index (χ1n) is 17.0. The van der Waals surface area contributed by atoms with Crippen molar-refractivity contribution in [3.63, 3.8) is 0 Å². The second-order valence-electron chi connectivity index (χ2n) is 12.4. The molecule has 2 atom stereocenters. The highest BCUT2D eigenvalue weighted by atomic mass is 16.5. The molecule has 1 saturated heterocycles. The Hall–Kier alpha value is -2.85. The Morgan fingerprint density at radius 1 is 1.07 bits per heavy atom. The van der Waals surface area contributed by atoms with Gasteiger partial charge in [-0.15, -0.1) is 0 Å². The minimum absolute atomic E-state index is 0.190. The first-order valence-corrected chi connectivity index (χ1v) is 17.0. The van der Waals surface area contributed by atoms with Gasteiger partial charge >= 0.3 is 0 Å². The van der Waals surface area contributed by atoms with Crippen molar-refractivity contribution >= 4 is 22.6 Å². The zero-order chi connectivity index (χ0) is 32.2. The van der Waals surface area contributed by atoms with E-state index in [9.17, 15) is 4.79 Å². The van der Waals surface area contributed by atoms with E-state index in [0.29, 0.717) is 29.5 Å². The van der Waals surface area contributed by atoms with Gasteiger partial charge in [0.05, 0.1) is 11.3 Å². The van der Waals surface area contributed by atoms with E-state index in [1.807, 2.05) is 20.8 Å². The number of piperidine rings is 1. The number of aromatic nitrogens is 5. The molecule has 0 bridgehead atoms. The van der Waals surface area contributed by atoms with Crippen molar-refractivity contribution in [1.82, 2.24) is 30.2 Å². The zero-order valence-electron chi connectivity index (χ0n) is 28.6. The number of ketones is 1. The largest absolute Gasteiger partial charge is 0.400 e. The molecule has 0 amide bonds.